The van der Waals surface area contributed by atoms with Crippen molar-refractivity contribution in [2.45, 2.75) is 13.5 Å². The van der Waals surface area contributed by atoms with E-state index in [0.717, 1.165) is 17.7 Å². The molecule has 110 valence electrons. The van der Waals surface area contributed by atoms with Gasteiger partial charge in [-0.3, -0.25) is 10.1 Å². The molecule has 0 fully saturated rings. The van der Waals surface area contributed by atoms with Gasteiger partial charge in [-0.05, 0) is 25.1 Å². The van der Waals surface area contributed by atoms with E-state index in [1.807, 2.05) is 6.92 Å². The molecular formula is C14H14FN3O3. The number of benzene rings is 1. The third-order valence-corrected chi connectivity index (χ3v) is 2.74. The average Bonchev–Trinajstić information content (AvgIpc) is 2.47. The van der Waals surface area contributed by atoms with Gasteiger partial charge in [0.05, 0.1) is 11.0 Å². The zero-order valence-corrected chi connectivity index (χ0v) is 11.4. The maximum atomic E-state index is 13.1. The number of anilines is 1. The van der Waals surface area contributed by atoms with Crippen LogP contribution in [-0.2, 0) is 6.61 Å². The van der Waals surface area contributed by atoms with Gasteiger partial charge in [0.15, 0.2) is 5.75 Å². The molecule has 1 aromatic carbocycles. The highest BCUT2D eigenvalue weighted by Gasteiger charge is 2.16. The first-order valence-corrected chi connectivity index (χ1v) is 6.36. The number of nitrogens with one attached hydrogen (secondary N) is 1. The Morgan fingerprint density at radius 2 is 2.24 bits per heavy atom. The van der Waals surface area contributed by atoms with Crippen LogP contribution in [-0.4, -0.2) is 16.5 Å². The van der Waals surface area contributed by atoms with E-state index in [4.69, 9.17) is 4.74 Å². The lowest BCUT2D eigenvalue weighted by Crippen LogP contribution is -2.06. The minimum atomic E-state index is -0.677. The standard InChI is InChI=1S/C14H14FN3O3/c1-2-16-14-10(4-3-7-17-14)9-21-13-6-5-11(15)8-12(13)18(19)20/h3-8H,2,9H2,1H3,(H,16,17). The SMILES string of the molecule is CCNc1ncccc1COc1ccc(F)cc1[N+](=O)[O-]. The van der Waals surface area contributed by atoms with Crippen LogP contribution < -0.4 is 10.1 Å². The first-order chi connectivity index (χ1) is 10.1. The van der Waals surface area contributed by atoms with E-state index in [9.17, 15) is 14.5 Å². The molecule has 6 nitrogen and oxygen atoms in total. The highest BCUT2D eigenvalue weighted by Crippen LogP contribution is 2.28. The van der Waals surface area contributed by atoms with Crippen LogP contribution in [0.1, 0.15) is 12.5 Å². The van der Waals surface area contributed by atoms with Gasteiger partial charge in [-0.2, -0.15) is 0 Å². The summed E-state index contributed by atoms with van der Waals surface area (Å²) < 4.78 is 18.5. The summed E-state index contributed by atoms with van der Waals surface area (Å²) in [5.74, 6) is 0.00114. The van der Waals surface area contributed by atoms with E-state index in [1.165, 1.54) is 6.07 Å². The molecule has 0 aliphatic carbocycles. The third-order valence-electron chi connectivity index (χ3n) is 2.74. The smallest absolute Gasteiger partial charge is 0.313 e. The number of rotatable bonds is 6. The van der Waals surface area contributed by atoms with Crippen molar-refractivity contribution in [3.05, 3.63) is 58.0 Å². The first kappa shape index (κ1) is 14.7. The van der Waals surface area contributed by atoms with Gasteiger partial charge < -0.3 is 10.1 Å². The maximum Gasteiger partial charge on any atom is 0.313 e. The van der Waals surface area contributed by atoms with Crippen LogP contribution in [0.2, 0.25) is 0 Å². The van der Waals surface area contributed by atoms with E-state index in [-0.39, 0.29) is 12.4 Å². The number of nitrogens with zero attached hydrogens (tertiary/aromatic N) is 2. The molecule has 0 aliphatic rings. The monoisotopic (exact) mass is 291 g/mol. The Morgan fingerprint density at radius 3 is 2.95 bits per heavy atom. The number of ether oxygens (including phenoxy) is 1. The van der Waals surface area contributed by atoms with E-state index < -0.39 is 16.4 Å². The normalized spacial score (nSPS) is 10.2. The summed E-state index contributed by atoms with van der Waals surface area (Å²) in [6, 6.07) is 6.76. The van der Waals surface area contributed by atoms with Gasteiger partial charge in [-0.25, -0.2) is 9.37 Å². The van der Waals surface area contributed by atoms with Crippen LogP contribution in [0.25, 0.3) is 0 Å². The molecule has 0 saturated heterocycles. The van der Waals surface area contributed by atoms with E-state index in [2.05, 4.69) is 10.3 Å². The Balaban J connectivity index is 2.19. The third kappa shape index (κ3) is 3.65. The first-order valence-electron chi connectivity index (χ1n) is 6.36. The van der Waals surface area contributed by atoms with Crippen molar-refractivity contribution in [1.82, 2.24) is 4.98 Å². The van der Waals surface area contributed by atoms with Crippen molar-refractivity contribution in [3.8, 4) is 5.75 Å². The number of hydrogen-bond acceptors (Lipinski definition) is 5. The van der Waals surface area contributed by atoms with Crippen LogP contribution in [0.15, 0.2) is 36.5 Å². The Hall–Kier alpha value is -2.70. The topological polar surface area (TPSA) is 77.3 Å². The Morgan fingerprint density at radius 1 is 1.43 bits per heavy atom. The fraction of sp³-hybridized carbons (Fsp3) is 0.214. The molecule has 0 spiro atoms. The number of nitro groups is 1. The largest absolute Gasteiger partial charge is 0.482 e. The van der Waals surface area contributed by atoms with Gasteiger partial charge in [0.2, 0.25) is 0 Å². The maximum absolute atomic E-state index is 13.1. The molecule has 0 saturated carbocycles. The number of pyridine rings is 1. The molecule has 1 aromatic heterocycles. The average molecular weight is 291 g/mol. The molecule has 0 amide bonds. The molecule has 7 heteroatoms. The molecule has 0 radical (unpaired) electrons. The molecule has 0 bridgehead atoms. The van der Waals surface area contributed by atoms with Gasteiger partial charge in [0, 0.05) is 18.3 Å². The zero-order valence-electron chi connectivity index (χ0n) is 11.4. The lowest BCUT2D eigenvalue weighted by molar-refractivity contribution is -0.386. The van der Waals surface area contributed by atoms with Crippen LogP contribution in [0.4, 0.5) is 15.9 Å². The molecule has 2 aromatic rings. The van der Waals surface area contributed by atoms with Gasteiger partial charge >= 0.3 is 5.69 Å². The molecule has 2 rings (SSSR count). The van der Waals surface area contributed by atoms with Gasteiger partial charge in [0.25, 0.3) is 0 Å². The second-order valence-corrected chi connectivity index (χ2v) is 4.20. The number of aromatic nitrogens is 1. The van der Waals surface area contributed by atoms with Crippen LogP contribution in [0, 0.1) is 15.9 Å². The fourth-order valence-electron chi connectivity index (χ4n) is 1.79. The summed E-state index contributed by atoms with van der Waals surface area (Å²) in [5, 5.41) is 14.0. The van der Waals surface area contributed by atoms with E-state index >= 15 is 0 Å². The summed E-state index contributed by atoms with van der Waals surface area (Å²) in [6.07, 6.45) is 1.64. The summed E-state index contributed by atoms with van der Waals surface area (Å²) in [4.78, 5) is 14.4. The fourth-order valence-corrected chi connectivity index (χ4v) is 1.79. The van der Waals surface area contributed by atoms with E-state index in [1.54, 1.807) is 18.3 Å². The van der Waals surface area contributed by atoms with Crippen molar-refractivity contribution in [2.24, 2.45) is 0 Å². The second kappa shape index (κ2) is 6.65. The highest BCUT2D eigenvalue weighted by molar-refractivity contribution is 5.47. The second-order valence-electron chi connectivity index (χ2n) is 4.20. The molecule has 0 atom stereocenters. The van der Waals surface area contributed by atoms with Crippen molar-refractivity contribution in [2.75, 3.05) is 11.9 Å². The molecule has 1 heterocycles. The minimum Gasteiger partial charge on any atom is -0.482 e. The molecule has 0 aliphatic heterocycles. The summed E-state index contributed by atoms with van der Waals surface area (Å²) >= 11 is 0. The Labute approximate surface area is 120 Å². The lowest BCUT2D eigenvalue weighted by atomic mass is 10.2. The van der Waals surface area contributed by atoms with E-state index in [0.29, 0.717) is 12.4 Å². The van der Waals surface area contributed by atoms with Crippen molar-refractivity contribution in [1.29, 1.82) is 0 Å². The minimum absolute atomic E-state index is 0.0210. The lowest BCUT2D eigenvalue weighted by Gasteiger charge is -2.11. The predicted molar refractivity (Wildman–Crippen MR) is 75.8 cm³/mol. The van der Waals surface area contributed by atoms with Gasteiger partial charge in [-0.15, -0.1) is 0 Å². The molecule has 0 unspecified atom stereocenters. The van der Waals surface area contributed by atoms with Gasteiger partial charge in [0.1, 0.15) is 18.2 Å². The molecule has 21 heavy (non-hydrogen) atoms. The molecule has 1 N–H and O–H groups in total. The Bertz CT molecular complexity index is 649. The number of nitro benzene ring substituents is 1. The summed E-state index contributed by atoms with van der Waals surface area (Å²) in [7, 11) is 0. The number of hydrogen-bond donors (Lipinski definition) is 1. The van der Waals surface area contributed by atoms with Crippen molar-refractivity contribution >= 4 is 11.5 Å². The van der Waals surface area contributed by atoms with Gasteiger partial charge in [-0.1, -0.05) is 6.07 Å². The Kier molecular flexibility index (Phi) is 4.65. The molecular weight excluding hydrogens is 277 g/mol. The van der Waals surface area contributed by atoms with Crippen LogP contribution in [0.5, 0.6) is 5.75 Å². The summed E-state index contributed by atoms with van der Waals surface area (Å²) in [5.41, 5.74) is 0.363. The number of halogens is 1. The zero-order chi connectivity index (χ0) is 15.2. The van der Waals surface area contributed by atoms with Crippen LogP contribution >= 0.6 is 0 Å². The predicted octanol–water partition coefficient (Wildman–Crippen LogP) is 3.14. The highest BCUT2D eigenvalue weighted by atomic mass is 19.1. The van der Waals surface area contributed by atoms with Crippen molar-refractivity contribution < 1.29 is 14.1 Å². The van der Waals surface area contributed by atoms with Crippen molar-refractivity contribution in [3.63, 3.8) is 0 Å². The summed E-state index contributed by atoms with van der Waals surface area (Å²) in [6.45, 7) is 2.73. The quantitative estimate of drug-likeness (QED) is 0.653. The van der Waals surface area contributed by atoms with Crippen LogP contribution in [0.3, 0.4) is 0 Å².